The average Bonchev–Trinajstić information content (AvgIpc) is 2.59. The minimum Gasteiger partial charge on any atom is -0.0776 e. The van der Waals surface area contributed by atoms with Crippen LogP contribution in [0.2, 0.25) is 0 Å². The molecular weight excluding hydrogens is 180 g/mol. The quantitative estimate of drug-likeness (QED) is 0.662. The molecule has 0 saturated heterocycles. The molecule has 0 amide bonds. The van der Waals surface area contributed by atoms with E-state index in [0.29, 0.717) is 5.92 Å². The van der Waals surface area contributed by atoms with Gasteiger partial charge in [-0.2, -0.15) is 0 Å². The predicted octanol–water partition coefficient (Wildman–Crippen LogP) is 4.57. The Hall–Kier alpha value is -0.780. The summed E-state index contributed by atoms with van der Waals surface area (Å²) in [7, 11) is 0. The molecule has 0 saturated carbocycles. The molecule has 0 bridgehead atoms. The zero-order valence-corrected chi connectivity index (χ0v) is 9.51. The molecule has 1 atom stereocenters. The molecule has 1 aromatic carbocycles. The van der Waals surface area contributed by atoms with E-state index in [0.717, 1.165) is 5.92 Å². The van der Waals surface area contributed by atoms with E-state index in [-0.39, 0.29) is 7.43 Å². The van der Waals surface area contributed by atoms with Crippen LogP contribution in [0.25, 0.3) is 0 Å². The Bertz CT molecular complexity index is 323. The second-order valence-corrected chi connectivity index (χ2v) is 4.82. The molecule has 0 radical (unpaired) electrons. The van der Waals surface area contributed by atoms with Gasteiger partial charge in [-0.25, -0.2) is 0 Å². The zero-order chi connectivity index (χ0) is 10.1. The third-order valence-corrected chi connectivity index (χ3v) is 3.51. The first kappa shape index (κ1) is 12.3. The summed E-state index contributed by atoms with van der Waals surface area (Å²) in [5.41, 5.74) is 4.86. The van der Waals surface area contributed by atoms with Gasteiger partial charge in [-0.15, -0.1) is 0 Å². The van der Waals surface area contributed by atoms with Crippen LogP contribution in [-0.4, -0.2) is 0 Å². The minimum absolute atomic E-state index is 0. The van der Waals surface area contributed by atoms with Gasteiger partial charge in [0, 0.05) is 0 Å². The monoisotopic (exact) mass is 204 g/mol. The summed E-state index contributed by atoms with van der Waals surface area (Å²) in [5, 5.41) is 0. The SMILES string of the molecule is C.CCC1Cc2cccc(C(C)C)c2C1. The Kier molecular flexibility index (Phi) is 3.96. The van der Waals surface area contributed by atoms with Gasteiger partial charge >= 0.3 is 0 Å². The average molecular weight is 204 g/mol. The van der Waals surface area contributed by atoms with Gasteiger partial charge in [0.25, 0.3) is 0 Å². The van der Waals surface area contributed by atoms with Crippen molar-refractivity contribution in [2.75, 3.05) is 0 Å². The van der Waals surface area contributed by atoms with Crippen LogP contribution in [0.1, 0.15) is 57.2 Å². The largest absolute Gasteiger partial charge is 0.0776 e. The van der Waals surface area contributed by atoms with E-state index >= 15 is 0 Å². The summed E-state index contributed by atoms with van der Waals surface area (Å²) >= 11 is 0. The van der Waals surface area contributed by atoms with Crippen LogP contribution >= 0.6 is 0 Å². The highest BCUT2D eigenvalue weighted by atomic mass is 14.3. The maximum atomic E-state index is 2.32. The lowest BCUT2D eigenvalue weighted by Gasteiger charge is -2.11. The van der Waals surface area contributed by atoms with Gasteiger partial charge in [0.05, 0.1) is 0 Å². The Morgan fingerprint density at radius 1 is 1.27 bits per heavy atom. The molecule has 1 unspecified atom stereocenters. The van der Waals surface area contributed by atoms with Crippen LogP contribution in [0.5, 0.6) is 0 Å². The summed E-state index contributed by atoms with van der Waals surface area (Å²) in [6, 6.07) is 6.85. The van der Waals surface area contributed by atoms with Crippen LogP contribution in [0.4, 0.5) is 0 Å². The summed E-state index contributed by atoms with van der Waals surface area (Å²) in [5.74, 6) is 1.59. The van der Waals surface area contributed by atoms with Crippen molar-refractivity contribution < 1.29 is 0 Å². The molecule has 0 heteroatoms. The van der Waals surface area contributed by atoms with Gasteiger partial charge in [-0.3, -0.25) is 0 Å². The van der Waals surface area contributed by atoms with Gasteiger partial charge in [0.15, 0.2) is 0 Å². The third-order valence-electron chi connectivity index (χ3n) is 3.51. The number of hydrogen-bond acceptors (Lipinski definition) is 0. The first-order chi connectivity index (χ1) is 6.72. The van der Waals surface area contributed by atoms with Gasteiger partial charge in [0.1, 0.15) is 0 Å². The van der Waals surface area contributed by atoms with Gasteiger partial charge < -0.3 is 0 Å². The number of fused-ring (bicyclic) bond motifs is 1. The maximum absolute atomic E-state index is 2.32. The second kappa shape index (κ2) is 4.83. The van der Waals surface area contributed by atoms with E-state index in [4.69, 9.17) is 0 Å². The van der Waals surface area contributed by atoms with Crippen LogP contribution < -0.4 is 0 Å². The van der Waals surface area contributed by atoms with Crippen molar-refractivity contribution in [2.45, 2.75) is 53.4 Å². The lowest BCUT2D eigenvalue weighted by molar-refractivity contribution is 0.541. The smallest absolute Gasteiger partial charge is 0.0216 e. The first-order valence-corrected chi connectivity index (χ1v) is 5.83. The molecule has 0 spiro atoms. The van der Waals surface area contributed by atoms with Crippen molar-refractivity contribution in [3.05, 3.63) is 34.9 Å². The molecule has 15 heavy (non-hydrogen) atoms. The van der Waals surface area contributed by atoms with Crippen molar-refractivity contribution in [3.8, 4) is 0 Å². The molecule has 84 valence electrons. The van der Waals surface area contributed by atoms with E-state index in [1.165, 1.54) is 19.3 Å². The molecule has 0 aromatic heterocycles. The summed E-state index contributed by atoms with van der Waals surface area (Å²) in [6.07, 6.45) is 3.96. The third kappa shape index (κ3) is 2.25. The standard InChI is InChI=1S/C14H20.CH4/c1-4-11-8-12-6-5-7-13(10(2)3)14(12)9-11;/h5-7,10-11H,4,8-9H2,1-3H3;1H4. The van der Waals surface area contributed by atoms with Crippen molar-refractivity contribution in [1.29, 1.82) is 0 Å². The van der Waals surface area contributed by atoms with Crippen LogP contribution in [0.15, 0.2) is 18.2 Å². The Balaban J connectivity index is 0.00000112. The Labute approximate surface area is 94.7 Å². The van der Waals surface area contributed by atoms with E-state index < -0.39 is 0 Å². The highest BCUT2D eigenvalue weighted by molar-refractivity contribution is 5.40. The fourth-order valence-electron chi connectivity index (χ4n) is 2.60. The molecule has 0 N–H and O–H groups in total. The van der Waals surface area contributed by atoms with Crippen LogP contribution in [0.3, 0.4) is 0 Å². The Morgan fingerprint density at radius 3 is 2.60 bits per heavy atom. The highest BCUT2D eigenvalue weighted by Gasteiger charge is 2.22. The van der Waals surface area contributed by atoms with E-state index in [9.17, 15) is 0 Å². The molecular formula is C15H24. The van der Waals surface area contributed by atoms with Crippen LogP contribution in [0, 0.1) is 5.92 Å². The first-order valence-electron chi connectivity index (χ1n) is 5.83. The molecule has 0 nitrogen and oxygen atoms in total. The lowest BCUT2D eigenvalue weighted by atomic mass is 9.94. The zero-order valence-electron chi connectivity index (χ0n) is 9.51. The fraction of sp³-hybridized carbons (Fsp3) is 0.600. The number of hydrogen-bond donors (Lipinski definition) is 0. The van der Waals surface area contributed by atoms with Crippen molar-refractivity contribution in [2.24, 2.45) is 5.92 Å². The van der Waals surface area contributed by atoms with E-state index in [2.05, 4.69) is 39.0 Å². The minimum atomic E-state index is 0. The van der Waals surface area contributed by atoms with Crippen LogP contribution in [-0.2, 0) is 12.8 Å². The van der Waals surface area contributed by atoms with Crippen molar-refractivity contribution >= 4 is 0 Å². The molecule has 1 aromatic rings. The van der Waals surface area contributed by atoms with Gasteiger partial charge in [-0.1, -0.05) is 52.8 Å². The van der Waals surface area contributed by atoms with E-state index in [1.54, 1.807) is 16.7 Å². The van der Waals surface area contributed by atoms with Crippen molar-refractivity contribution in [1.82, 2.24) is 0 Å². The summed E-state index contributed by atoms with van der Waals surface area (Å²) in [4.78, 5) is 0. The lowest BCUT2D eigenvalue weighted by Crippen LogP contribution is -1.98. The Morgan fingerprint density at radius 2 is 2.00 bits per heavy atom. The molecule has 0 aliphatic heterocycles. The molecule has 0 heterocycles. The summed E-state index contributed by atoms with van der Waals surface area (Å²) < 4.78 is 0. The molecule has 0 fully saturated rings. The fourth-order valence-corrected chi connectivity index (χ4v) is 2.60. The van der Waals surface area contributed by atoms with E-state index in [1.807, 2.05) is 0 Å². The second-order valence-electron chi connectivity index (χ2n) is 4.82. The van der Waals surface area contributed by atoms with Gasteiger partial charge in [0.2, 0.25) is 0 Å². The number of rotatable bonds is 2. The van der Waals surface area contributed by atoms with Crippen molar-refractivity contribution in [3.63, 3.8) is 0 Å². The highest BCUT2D eigenvalue weighted by Crippen LogP contribution is 2.33. The number of benzene rings is 1. The molecule has 2 rings (SSSR count). The molecule has 1 aliphatic rings. The normalized spacial score (nSPS) is 18.8. The summed E-state index contributed by atoms with van der Waals surface area (Å²) in [6.45, 7) is 6.91. The maximum Gasteiger partial charge on any atom is -0.0216 e. The topological polar surface area (TPSA) is 0 Å². The predicted molar refractivity (Wildman–Crippen MR) is 68.5 cm³/mol. The molecule has 1 aliphatic carbocycles. The van der Waals surface area contributed by atoms with Gasteiger partial charge in [-0.05, 0) is 41.4 Å².